The molecule has 10 N–H and O–H groups in total. The molecule has 0 radical (unpaired) electrons. The van der Waals surface area contributed by atoms with Crippen LogP contribution in [0.3, 0.4) is 0 Å². The summed E-state index contributed by atoms with van der Waals surface area (Å²) in [6.07, 6.45) is -54.5. The fourth-order valence-corrected chi connectivity index (χ4v) is 13.0. The predicted octanol–water partition coefficient (Wildman–Crippen LogP) is -7.54. The van der Waals surface area contributed by atoms with E-state index in [1.54, 1.807) is 0 Å². The van der Waals surface area contributed by atoms with E-state index >= 15 is 0 Å². The lowest BCUT2D eigenvalue weighted by molar-refractivity contribution is -0.381. The number of aliphatic hydroxyl groups is 2. The topological polar surface area (TPSA) is 635 Å². The standard InChI is InChI=1S/C38H64O45S6/c1-63-18-12(8-13-20(64-2)23(65-3)17(40)15(72-13)10-70-84(45,46)47)19(33(41)42)75-36(29(18)67-5)77-22-16(11-71-85(48,49)50)74-38(32(83-89(60,61)62)27(22)81-87(54,55)56)78-25-24(66-4)30(68-6)37(79-28(25)34(43)44)76-21-14(9-39)73-35(69-7)31(82-88(57,58)59)26(21)80-86(51,52)53/h12-32,35-40H,8-11H2,1-7H3,(H,41,42)(H,43,44)(H,45,46,47)(H,48,49,50)(H,51,52,53)(H,54,55,56)(H,57,58,59)(H,60,61,62)/t12-,13+,14+,15+,16+,17+,18-,19+,20-,21+,22+,23-,24-,25-,26-,27-,28+,29+,30+,31+,32+,35-,36-,37+,38-/m0/s1. The monoisotopic (exact) mass is 1430 g/mol. The molecule has 51 heteroatoms. The average Bonchev–Trinajstić information content (AvgIpc) is 0.820. The van der Waals surface area contributed by atoms with E-state index in [4.69, 9.17) is 79.4 Å². The number of carbonyl (C=O) groups is 2. The molecule has 5 aliphatic heterocycles. The molecule has 89 heavy (non-hydrogen) atoms. The Morgan fingerprint density at radius 3 is 1.13 bits per heavy atom. The van der Waals surface area contributed by atoms with Gasteiger partial charge in [0, 0.05) is 55.7 Å². The maximum absolute atomic E-state index is 13.2. The molecule has 0 bridgehead atoms. The maximum atomic E-state index is 13.2. The van der Waals surface area contributed by atoms with Crippen LogP contribution >= 0.6 is 0 Å². The highest BCUT2D eigenvalue weighted by molar-refractivity contribution is 7.82. The molecule has 5 rings (SSSR count). The number of hydrogen-bond acceptors (Lipinski definition) is 37. The number of carboxylic acid groups (broad SMARTS) is 2. The van der Waals surface area contributed by atoms with Gasteiger partial charge in [-0.1, -0.05) is 0 Å². The van der Waals surface area contributed by atoms with Crippen molar-refractivity contribution in [3.63, 3.8) is 0 Å². The molecule has 0 aromatic heterocycles. The molecular formula is C38H64O45S6. The van der Waals surface area contributed by atoms with Crippen molar-refractivity contribution < 1.29 is 204 Å². The van der Waals surface area contributed by atoms with E-state index in [0.29, 0.717) is 0 Å². The van der Waals surface area contributed by atoms with Gasteiger partial charge in [0.05, 0.1) is 32.0 Å². The lowest BCUT2D eigenvalue weighted by atomic mass is 9.81. The number of rotatable bonds is 32. The fraction of sp³-hybridized carbons (Fsp3) is 0.947. The summed E-state index contributed by atoms with van der Waals surface area (Å²) in [5.74, 6) is -5.66. The highest BCUT2D eigenvalue weighted by Crippen LogP contribution is 2.42. The van der Waals surface area contributed by atoms with E-state index in [0.717, 1.165) is 49.8 Å². The van der Waals surface area contributed by atoms with Gasteiger partial charge in [0.25, 0.3) is 0 Å². The van der Waals surface area contributed by atoms with E-state index in [2.05, 4.69) is 16.7 Å². The largest absolute Gasteiger partial charge is 0.479 e. The number of ether oxygens (including phenoxy) is 15. The van der Waals surface area contributed by atoms with Gasteiger partial charge in [0.1, 0.15) is 85.5 Å². The molecule has 0 saturated carbocycles. The van der Waals surface area contributed by atoms with Gasteiger partial charge in [-0.3, -0.25) is 27.3 Å². The van der Waals surface area contributed by atoms with Crippen molar-refractivity contribution in [3.8, 4) is 0 Å². The zero-order valence-corrected chi connectivity index (χ0v) is 51.4. The van der Waals surface area contributed by atoms with E-state index in [9.17, 15) is 108 Å². The third kappa shape index (κ3) is 20.7. The summed E-state index contributed by atoms with van der Waals surface area (Å²) in [6, 6.07) is 0. The Balaban J connectivity index is 1.61. The Kier molecular flexibility index (Phi) is 27.2. The molecule has 5 heterocycles. The predicted molar refractivity (Wildman–Crippen MR) is 267 cm³/mol. The van der Waals surface area contributed by atoms with Crippen molar-refractivity contribution in [2.24, 2.45) is 5.92 Å². The molecule has 0 aromatic rings. The Bertz CT molecular complexity index is 3040. The first kappa shape index (κ1) is 77.2. The highest BCUT2D eigenvalue weighted by Gasteiger charge is 2.62. The molecule has 0 spiro atoms. The zero-order valence-electron chi connectivity index (χ0n) is 46.5. The average molecular weight is 1430 g/mol. The van der Waals surface area contributed by atoms with Crippen LogP contribution in [0.2, 0.25) is 0 Å². The first-order chi connectivity index (χ1) is 41.1. The van der Waals surface area contributed by atoms with Gasteiger partial charge >= 0.3 is 74.3 Å². The Hall–Kier alpha value is -2.52. The summed E-state index contributed by atoms with van der Waals surface area (Å²) in [7, 11) is -28.1. The molecule has 0 aromatic carbocycles. The molecule has 5 aliphatic rings. The summed E-state index contributed by atoms with van der Waals surface area (Å²) in [6.45, 7) is -4.02. The molecule has 25 atom stereocenters. The second-order valence-corrected chi connectivity index (χ2v) is 25.4. The van der Waals surface area contributed by atoms with Crippen LogP contribution in [-0.4, -0.2) is 327 Å². The van der Waals surface area contributed by atoms with Crippen LogP contribution in [0.15, 0.2) is 0 Å². The SMILES string of the molecule is CO[C@H]1O[C@H](CO)[C@@H](O[C@@H]2O[C@@H](C(=O)O)[C@@H](O[C@@H]3O[C@H](COS(=O)(=O)O)[C@@H](O[C@@H]4O[C@@H](C(=O)O)[C@@H](C[C@H]5O[C@H](COS(=O)(=O)O)[C@@H](O)[C@H](OC)[C@H]5OC)[C@H](OC)[C@H]4OC)[C@H](OS(=O)(=O)O)[C@H]3OS(=O)(=O)O)[C@H](OC)[C@H]2OC)[C@H](OS(=O)(=O)O)[C@H]1OS(=O)(=O)O. The van der Waals surface area contributed by atoms with Crippen molar-refractivity contribution in [2.75, 3.05) is 69.6 Å². The summed E-state index contributed by atoms with van der Waals surface area (Å²) in [4.78, 5) is 26.5. The normalized spacial score (nSPS) is 38.9. The Labute approximate surface area is 505 Å². The first-order valence-electron chi connectivity index (χ1n) is 24.6. The van der Waals surface area contributed by atoms with Gasteiger partial charge in [0.15, 0.2) is 49.6 Å². The minimum Gasteiger partial charge on any atom is -0.479 e. The fourth-order valence-electron chi connectivity index (χ4n) is 10.4. The highest BCUT2D eigenvalue weighted by atomic mass is 32.3. The molecule has 0 amide bonds. The summed E-state index contributed by atoms with van der Waals surface area (Å²) < 4.78 is 317. The zero-order chi connectivity index (χ0) is 67.3. The van der Waals surface area contributed by atoms with Gasteiger partial charge in [-0.05, 0) is 6.42 Å². The summed E-state index contributed by atoms with van der Waals surface area (Å²) >= 11 is 0. The molecule has 0 aliphatic carbocycles. The van der Waals surface area contributed by atoms with Crippen molar-refractivity contribution in [3.05, 3.63) is 0 Å². The van der Waals surface area contributed by atoms with Crippen molar-refractivity contribution in [1.82, 2.24) is 0 Å². The quantitative estimate of drug-likeness (QED) is 0.0280. The maximum Gasteiger partial charge on any atom is 0.397 e. The second kappa shape index (κ2) is 31.4. The van der Waals surface area contributed by atoms with Gasteiger partial charge < -0.3 is 91.5 Å². The van der Waals surface area contributed by atoms with Gasteiger partial charge in [-0.15, -0.1) is 0 Å². The first-order valence-corrected chi connectivity index (χ1v) is 32.8. The minimum absolute atomic E-state index is 0.616. The molecule has 522 valence electrons. The smallest absolute Gasteiger partial charge is 0.397 e. The Morgan fingerprint density at radius 2 is 0.730 bits per heavy atom. The number of hydrogen-bond donors (Lipinski definition) is 10. The lowest BCUT2D eigenvalue weighted by Crippen LogP contribution is -2.69. The lowest BCUT2D eigenvalue weighted by Gasteiger charge is -2.51. The van der Waals surface area contributed by atoms with E-state index in [1.165, 1.54) is 0 Å². The van der Waals surface area contributed by atoms with Crippen LogP contribution in [0.4, 0.5) is 0 Å². The van der Waals surface area contributed by atoms with Crippen LogP contribution in [0.25, 0.3) is 0 Å². The van der Waals surface area contributed by atoms with E-state index < -0.39 is 254 Å². The van der Waals surface area contributed by atoms with Crippen molar-refractivity contribution >= 4 is 74.3 Å². The van der Waals surface area contributed by atoms with Gasteiger partial charge in [-0.25, -0.2) is 34.7 Å². The molecule has 5 saturated heterocycles. The van der Waals surface area contributed by atoms with Crippen LogP contribution in [0.1, 0.15) is 6.42 Å². The number of methoxy groups -OCH3 is 7. The van der Waals surface area contributed by atoms with Crippen LogP contribution in [-0.2, 0) is 168 Å². The third-order valence-corrected chi connectivity index (χ3v) is 16.5. The second-order valence-electron chi connectivity index (χ2n) is 19.0. The van der Waals surface area contributed by atoms with Crippen LogP contribution in [0, 0.1) is 5.92 Å². The number of aliphatic carboxylic acids is 2. The van der Waals surface area contributed by atoms with Crippen molar-refractivity contribution in [2.45, 2.75) is 154 Å². The van der Waals surface area contributed by atoms with E-state index in [1.807, 2.05) is 0 Å². The van der Waals surface area contributed by atoms with Gasteiger partial charge in [0.2, 0.25) is 0 Å². The van der Waals surface area contributed by atoms with Gasteiger partial charge in [-0.2, -0.15) is 50.5 Å². The summed E-state index contributed by atoms with van der Waals surface area (Å²) in [5.41, 5.74) is 0. The summed E-state index contributed by atoms with van der Waals surface area (Å²) in [5, 5.41) is 42.7. The number of aliphatic hydroxyl groups excluding tert-OH is 2. The van der Waals surface area contributed by atoms with Crippen LogP contribution < -0.4 is 0 Å². The van der Waals surface area contributed by atoms with E-state index in [-0.39, 0.29) is 0 Å². The third-order valence-electron chi connectivity index (χ3n) is 13.7. The molecule has 45 nitrogen and oxygen atoms in total. The Morgan fingerprint density at radius 1 is 0.360 bits per heavy atom. The van der Waals surface area contributed by atoms with Crippen LogP contribution in [0.5, 0.6) is 0 Å². The van der Waals surface area contributed by atoms with Crippen molar-refractivity contribution in [1.29, 1.82) is 0 Å². The molecular weight excluding hydrogens is 1370 g/mol. The molecule has 0 unspecified atom stereocenters. The molecule has 5 fully saturated rings. The number of carboxylic acids is 2. The minimum atomic E-state index is -6.14.